The number of ether oxygens (including phenoxy) is 2. The van der Waals surface area contributed by atoms with Gasteiger partial charge in [0.15, 0.2) is 5.16 Å². The van der Waals surface area contributed by atoms with Crippen LogP contribution in [0.25, 0.3) is 21.7 Å². The van der Waals surface area contributed by atoms with Gasteiger partial charge in [-0.1, -0.05) is 30.3 Å². The maximum absolute atomic E-state index is 14.1. The predicted octanol–water partition coefficient (Wildman–Crippen LogP) is 6.45. The van der Waals surface area contributed by atoms with E-state index in [1.807, 2.05) is 50.2 Å². The highest BCUT2D eigenvalue weighted by Gasteiger charge is 2.25. The Morgan fingerprint density at radius 1 is 0.974 bits per heavy atom. The molecular weight excluding hydrogens is 516 g/mol. The molecule has 0 radical (unpaired) electrons. The highest BCUT2D eigenvalue weighted by atomic mass is 32.2. The number of hydrogen-bond donors (Lipinski definition) is 0. The summed E-state index contributed by atoms with van der Waals surface area (Å²) in [5.74, 6) is 2.88. The molecule has 0 saturated heterocycles. The summed E-state index contributed by atoms with van der Waals surface area (Å²) in [5, 5.41) is 10.7. The van der Waals surface area contributed by atoms with Gasteiger partial charge in [0.25, 0.3) is 5.56 Å². The second-order valence-corrected chi connectivity index (χ2v) is 11.8. The molecule has 1 aliphatic carbocycles. The molecule has 0 N–H and O–H groups in total. The second-order valence-electron chi connectivity index (χ2n) is 9.80. The number of aryl methyl sites for hydroxylation is 2. The maximum atomic E-state index is 14.1. The monoisotopic (exact) mass is 546 g/mol. The van der Waals surface area contributed by atoms with Crippen molar-refractivity contribution in [3.63, 3.8) is 0 Å². The van der Waals surface area contributed by atoms with Crippen LogP contribution in [0, 0.1) is 0 Å². The summed E-state index contributed by atoms with van der Waals surface area (Å²) in [6.45, 7) is 4.05. The molecule has 0 bridgehead atoms. The normalized spacial score (nSPS) is 13.7. The lowest BCUT2D eigenvalue weighted by Crippen LogP contribution is -2.22. The number of aromatic nitrogens is 4. The number of hydrogen-bond acceptors (Lipinski definition) is 7. The summed E-state index contributed by atoms with van der Waals surface area (Å²) in [7, 11) is 1.64. The summed E-state index contributed by atoms with van der Waals surface area (Å²) in [5.41, 5.74) is 3.11. The average Bonchev–Trinajstić information content (AvgIpc) is 3.42. The number of rotatable bonds is 7. The van der Waals surface area contributed by atoms with Crippen molar-refractivity contribution in [2.24, 2.45) is 0 Å². The van der Waals surface area contributed by atoms with Crippen molar-refractivity contribution < 1.29 is 9.47 Å². The van der Waals surface area contributed by atoms with Crippen molar-refractivity contribution in [3.8, 4) is 17.2 Å². The third kappa shape index (κ3) is 4.58. The van der Waals surface area contributed by atoms with Gasteiger partial charge >= 0.3 is 0 Å². The van der Waals surface area contributed by atoms with Crippen LogP contribution in [-0.2, 0) is 18.6 Å². The van der Waals surface area contributed by atoms with E-state index in [0.717, 1.165) is 64.0 Å². The molecule has 3 aromatic heterocycles. The van der Waals surface area contributed by atoms with Crippen LogP contribution in [0.15, 0.2) is 58.5 Å². The highest BCUT2D eigenvalue weighted by Crippen LogP contribution is 2.36. The fourth-order valence-corrected chi connectivity index (χ4v) is 7.36. The lowest BCUT2D eigenvalue weighted by molar-refractivity contribution is 0.242. The van der Waals surface area contributed by atoms with Crippen LogP contribution in [0.4, 0.5) is 0 Å². The number of methoxy groups -OCH3 is 1. The van der Waals surface area contributed by atoms with E-state index in [1.165, 1.54) is 22.4 Å². The molecule has 5 aromatic rings. The molecule has 0 amide bonds. The molecule has 196 valence electrons. The maximum Gasteiger partial charge on any atom is 0.268 e. The summed E-state index contributed by atoms with van der Waals surface area (Å²) >= 11 is 3.36. The van der Waals surface area contributed by atoms with Gasteiger partial charge in [-0.3, -0.25) is 4.79 Å². The first-order valence-corrected chi connectivity index (χ1v) is 14.8. The van der Waals surface area contributed by atoms with Crippen molar-refractivity contribution >= 4 is 39.1 Å². The third-order valence-electron chi connectivity index (χ3n) is 6.83. The van der Waals surface area contributed by atoms with Crippen molar-refractivity contribution in [3.05, 3.63) is 74.9 Å². The van der Waals surface area contributed by atoms with Crippen LogP contribution in [0.5, 0.6) is 11.5 Å². The molecule has 0 saturated carbocycles. The first-order valence-electron chi connectivity index (χ1n) is 13.0. The van der Waals surface area contributed by atoms with Crippen LogP contribution in [0.1, 0.15) is 49.1 Å². The van der Waals surface area contributed by atoms with Gasteiger partial charge < -0.3 is 9.47 Å². The Morgan fingerprint density at radius 3 is 2.45 bits per heavy atom. The molecule has 0 aliphatic heterocycles. The largest absolute Gasteiger partial charge is 0.497 e. The smallest absolute Gasteiger partial charge is 0.268 e. The molecule has 38 heavy (non-hydrogen) atoms. The zero-order valence-corrected chi connectivity index (χ0v) is 23.4. The molecule has 2 aromatic carbocycles. The Hall–Kier alpha value is -3.30. The molecule has 1 aliphatic rings. The molecule has 9 heteroatoms. The van der Waals surface area contributed by atoms with E-state index >= 15 is 0 Å². The number of benzene rings is 2. The number of thioether (sulfide) groups is 1. The zero-order valence-electron chi connectivity index (χ0n) is 21.8. The number of thiophene rings is 1. The van der Waals surface area contributed by atoms with Gasteiger partial charge in [0.05, 0.1) is 24.3 Å². The quantitative estimate of drug-likeness (QED) is 0.173. The van der Waals surface area contributed by atoms with Gasteiger partial charge in [0, 0.05) is 10.6 Å². The Labute approximate surface area is 229 Å². The minimum Gasteiger partial charge on any atom is -0.497 e. The minimum atomic E-state index is -0.0261. The van der Waals surface area contributed by atoms with E-state index in [9.17, 15) is 4.79 Å². The van der Waals surface area contributed by atoms with Crippen LogP contribution in [0.3, 0.4) is 0 Å². The molecule has 7 nitrogen and oxygen atoms in total. The van der Waals surface area contributed by atoms with Crippen LogP contribution in [-0.4, -0.2) is 32.4 Å². The standard InChI is InChI=1S/C29H30N4O3S2/c1-18(2)36-22-13-9-19(10-14-22)17-37-29-31-30-28-32(20-11-15-21(35-3)16-12-20)26(34)25-23-7-5-4-6-8-24(23)38-27(25)33(28)29/h9-16,18H,4-8,17H2,1-3H3. The third-order valence-corrected chi connectivity index (χ3v) is 9.11. The highest BCUT2D eigenvalue weighted by molar-refractivity contribution is 7.98. The van der Waals surface area contributed by atoms with Gasteiger partial charge in [-0.2, -0.15) is 0 Å². The van der Waals surface area contributed by atoms with Gasteiger partial charge in [0.2, 0.25) is 5.78 Å². The van der Waals surface area contributed by atoms with Crippen molar-refractivity contribution in [2.75, 3.05) is 7.11 Å². The van der Waals surface area contributed by atoms with E-state index in [0.29, 0.717) is 5.78 Å². The average molecular weight is 547 g/mol. The van der Waals surface area contributed by atoms with Gasteiger partial charge in [-0.05, 0) is 87.1 Å². The molecule has 0 unspecified atom stereocenters. The van der Waals surface area contributed by atoms with Crippen molar-refractivity contribution in [1.82, 2.24) is 19.2 Å². The summed E-state index contributed by atoms with van der Waals surface area (Å²) in [6.07, 6.45) is 5.58. The first kappa shape index (κ1) is 25.0. The Bertz CT molecular complexity index is 1650. The van der Waals surface area contributed by atoms with E-state index in [1.54, 1.807) is 34.8 Å². The van der Waals surface area contributed by atoms with E-state index < -0.39 is 0 Å². The predicted molar refractivity (Wildman–Crippen MR) is 154 cm³/mol. The SMILES string of the molecule is COc1ccc(-n2c(=O)c3c4c(sc3n3c(SCc5ccc(OC(C)C)cc5)nnc23)CCCCC4)cc1. The van der Waals surface area contributed by atoms with Crippen LogP contribution in [0.2, 0.25) is 0 Å². The lowest BCUT2D eigenvalue weighted by atomic mass is 10.1. The Balaban J connectivity index is 1.47. The second kappa shape index (κ2) is 10.5. The van der Waals surface area contributed by atoms with Gasteiger partial charge in [-0.25, -0.2) is 8.97 Å². The molecular formula is C29H30N4O3S2. The molecule has 6 rings (SSSR count). The zero-order chi connectivity index (χ0) is 26.2. The first-order chi connectivity index (χ1) is 18.5. The number of fused-ring (bicyclic) bond motifs is 5. The van der Waals surface area contributed by atoms with Crippen LogP contribution >= 0.6 is 23.1 Å². The Kier molecular flexibility index (Phi) is 6.88. The Morgan fingerprint density at radius 2 is 1.71 bits per heavy atom. The van der Waals surface area contributed by atoms with E-state index in [4.69, 9.17) is 9.47 Å². The summed E-state index contributed by atoms with van der Waals surface area (Å²) in [4.78, 5) is 16.4. The molecule has 3 heterocycles. The van der Waals surface area contributed by atoms with Crippen molar-refractivity contribution in [1.29, 1.82) is 0 Å². The topological polar surface area (TPSA) is 70.7 Å². The number of nitrogens with zero attached hydrogens (tertiary/aromatic N) is 4. The lowest BCUT2D eigenvalue weighted by Gasteiger charge is -2.11. The fraction of sp³-hybridized carbons (Fsp3) is 0.345. The van der Waals surface area contributed by atoms with Gasteiger partial charge in [-0.15, -0.1) is 21.5 Å². The summed E-state index contributed by atoms with van der Waals surface area (Å²) in [6, 6.07) is 15.7. The minimum absolute atomic E-state index is 0.0261. The molecule has 0 atom stereocenters. The fourth-order valence-electron chi connectivity index (χ4n) is 5.04. The summed E-state index contributed by atoms with van der Waals surface area (Å²) < 4.78 is 14.9. The van der Waals surface area contributed by atoms with Gasteiger partial charge in [0.1, 0.15) is 16.3 Å². The van der Waals surface area contributed by atoms with E-state index in [-0.39, 0.29) is 11.7 Å². The van der Waals surface area contributed by atoms with Crippen LogP contribution < -0.4 is 15.0 Å². The molecule has 0 fully saturated rings. The van der Waals surface area contributed by atoms with E-state index in [2.05, 4.69) is 26.7 Å². The molecule has 0 spiro atoms. The van der Waals surface area contributed by atoms with Crippen molar-refractivity contribution in [2.45, 2.75) is 63.0 Å².